The molecule has 26 heavy (non-hydrogen) atoms. The van der Waals surface area contributed by atoms with E-state index in [-0.39, 0.29) is 5.91 Å². The molecular formula is C20H16N4O2. The van der Waals surface area contributed by atoms with Crippen LogP contribution in [0.1, 0.15) is 27.5 Å². The molecular weight excluding hydrogens is 328 g/mol. The van der Waals surface area contributed by atoms with Crippen molar-refractivity contribution in [3.05, 3.63) is 89.7 Å². The molecule has 1 N–H and O–H groups in total. The van der Waals surface area contributed by atoms with E-state index in [1.807, 2.05) is 30.3 Å². The van der Waals surface area contributed by atoms with Gasteiger partial charge in [0.25, 0.3) is 5.91 Å². The number of hydrogen-bond acceptors (Lipinski definition) is 5. The number of ether oxygens (including phenoxy) is 1. The monoisotopic (exact) mass is 344 g/mol. The third-order valence-electron chi connectivity index (χ3n) is 3.71. The van der Waals surface area contributed by atoms with Gasteiger partial charge < -0.3 is 10.1 Å². The molecule has 0 unspecified atom stereocenters. The largest absolute Gasteiger partial charge is 0.489 e. The zero-order chi connectivity index (χ0) is 18.2. The molecule has 0 saturated carbocycles. The lowest BCUT2D eigenvalue weighted by Crippen LogP contribution is -2.27. The Bertz CT molecular complexity index is 891. The van der Waals surface area contributed by atoms with E-state index in [9.17, 15) is 10.1 Å². The van der Waals surface area contributed by atoms with Gasteiger partial charge in [0.1, 0.15) is 18.4 Å². The summed E-state index contributed by atoms with van der Waals surface area (Å²) in [4.78, 5) is 12.2. The summed E-state index contributed by atoms with van der Waals surface area (Å²) in [6.07, 6.45) is 2.78. The highest BCUT2D eigenvalue weighted by molar-refractivity contribution is 5.94. The minimum atomic E-state index is -0.765. The predicted molar refractivity (Wildman–Crippen MR) is 95.1 cm³/mol. The van der Waals surface area contributed by atoms with E-state index in [1.54, 1.807) is 24.3 Å². The molecule has 3 aromatic rings. The van der Waals surface area contributed by atoms with Gasteiger partial charge in [-0.1, -0.05) is 42.5 Å². The van der Waals surface area contributed by atoms with Gasteiger partial charge in [0.15, 0.2) is 0 Å². The first-order valence-corrected chi connectivity index (χ1v) is 8.00. The molecule has 0 aliphatic rings. The van der Waals surface area contributed by atoms with Crippen LogP contribution in [0.4, 0.5) is 0 Å². The molecule has 1 heterocycles. The predicted octanol–water partition coefficient (Wildman–Crippen LogP) is 3.05. The van der Waals surface area contributed by atoms with Crippen LogP contribution in [0.2, 0.25) is 0 Å². The van der Waals surface area contributed by atoms with Crippen molar-refractivity contribution in [1.82, 2.24) is 15.5 Å². The number of nitriles is 1. The van der Waals surface area contributed by atoms with E-state index in [1.165, 1.54) is 18.5 Å². The van der Waals surface area contributed by atoms with Crippen molar-refractivity contribution < 1.29 is 9.53 Å². The van der Waals surface area contributed by atoms with Crippen LogP contribution in [0.25, 0.3) is 0 Å². The van der Waals surface area contributed by atoms with Gasteiger partial charge in [0, 0.05) is 0 Å². The fraction of sp³-hybridized carbons (Fsp3) is 0.100. The molecule has 0 fully saturated rings. The quantitative estimate of drug-likeness (QED) is 0.742. The molecule has 1 atom stereocenters. The number of carbonyl (C=O) groups is 1. The SMILES string of the molecule is N#C[C@H](NC(=O)c1ccnnc1)c1ccc(OCc2ccccc2)cc1. The Hall–Kier alpha value is -3.72. The molecule has 3 rings (SSSR count). The van der Waals surface area contributed by atoms with Crippen LogP contribution in [0.3, 0.4) is 0 Å². The Morgan fingerprint density at radius 1 is 1.08 bits per heavy atom. The topological polar surface area (TPSA) is 87.9 Å². The van der Waals surface area contributed by atoms with E-state index < -0.39 is 6.04 Å². The van der Waals surface area contributed by atoms with E-state index in [2.05, 4.69) is 21.6 Å². The number of amides is 1. The van der Waals surface area contributed by atoms with Gasteiger partial charge in [-0.15, -0.1) is 0 Å². The highest BCUT2D eigenvalue weighted by Crippen LogP contribution is 2.19. The van der Waals surface area contributed by atoms with Crippen LogP contribution < -0.4 is 10.1 Å². The smallest absolute Gasteiger partial charge is 0.254 e. The summed E-state index contributed by atoms with van der Waals surface area (Å²) in [7, 11) is 0. The highest BCUT2D eigenvalue weighted by Gasteiger charge is 2.15. The summed E-state index contributed by atoms with van der Waals surface area (Å²) >= 11 is 0. The molecule has 2 aromatic carbocycles. The highest BCUT2D eigenvalue weighted by atomic mass is 16.5. The third-order valence-corrected chi connectivity index (χ3v) is 3.71. The maximum Gasteiger partial charge on any atom is 0.254 e. The normalized spacial score (nSPS) is 11.2. The van der Waals surface area contributed by atoms with Gasteiger partial charge in [0.05, 0.1) is 24.0 Å². The summed E-state index contributed by atoms with van der Waals surface area (Å²) in [5.41, 5.74) is 2.10. The second-order valence-corrected chi connectivity index (χ2v) is 5.51. The molecule has 1 aromatic heterocycles. The molecule has 6 nitrogen and oxygen atoms in total. The number of benzene rings is 2. The van der Waals surface area contributed by atoms with E-state index in [0.717, 1.165) is 5.56 Å². The first kappa shape index (κ1) is 17.1. The summed E-state index contributed by atoms with van der Waals surface area (Å²) in [5.74, 6) is 0.315. The van der Waals surface area contributed by atoms with Crippen LogP contribution in [0.15, 0.2) is 73.1 Å². The Morgan fingerprint density at radius 2 is 1.85 bits per heavy atom. The fourth-order valence-electron chi connectivity index (χ4n) is 2.33. The van der Waals surface area contributed by atoms with Gasteiger partial charge >= 0.3 is 0 Å². The lowest BCUT2D eigenvalue weighted by Gasteiger charge is -2.13. The molecule has 128 valence electrons. The molecule has 0 aliphatic carbocycles. The third kappa shape index (κ3) is 4.42. The Kier molecular flexibility index (Phi) is 5.53. The average molecular weight is 344 g/mol. The van der Waals surface area contributed by atoms with Crippen molar-refractivity contribution in [2.75, 3.05) is 0 Å². The van der Waals surface area contributed by atoms with E-state index >= 15 is 0 Å². The minimum Gasteiger partial charge on any atom is -0.489 e. The summed E-state index contributed by atoms with van der Waals surface area (Å²) in [5, 5.41) is 19.3. The molecule has 0 radical (unpaired) electrons. The van der Waals surface area contributed by atoms with Crippen LogP contribution in [-0.4, -0.2) is 16.1 Å². The Labute approximate surface area is 151 Å². The fourth-order valence-corrected chi connectivity index (χ4v) is 2.33. The van der Waals surface area contributed by atoms with Crippen LogP contribution in [0, 0.1) is 11.3 Å². The van der Waals surface area contributed by atoms with Gasteiger partial charge in [0.2, 0.25) is 0 Å². The maximum atomic E-state index is 12.2. The van der Waals surface area contributed by atoms with Crippen molar-refractivity contribution >= 4 is 5.91 Å². The van der Waals surface area contributed by atoms with Crippen LogP contribution in [-0.2, 0) is 6.61 Å². The first-order valence-electron chi connectivity index (χ1n) is 8.00. The molecule has 0 bridgehead atoms. The molecule has 0 spiro atoms. The van der Waals surface area contributed by atoms with Gasteiger partial charge in [-0.05, 0) is 29.3 Å². The molecule has 0 aliphatic heterocycles. The first-order chi connectivity index (χ1) is 12.8. The maximum absolute atomic E-state index is 12.2. The van der Waals surface area contributed by atoms with Crippen LogP contribution in [0.5, 0.6) is 5.75 Å². The van der Waals surface area contributed by atoms with Crippen molar-refractivity contribution in [2.45, 2.75) is 12.6 Å². The molecule has 6 heteroatoms. The minimum absolute atomic E-state index is 0.350. The second kappa shape index (κ2) is 8.40. The number of nitrogens with zero attached hydrogens (tertiary/aromatic N) is 3. The Balaban J connectivity index is 1.62. The van der Waals surface area contributed by atoms with Crippen LogP contribution >= 0.6 is 0 Å². The van der Waals surface area contributed by atoms with Gasteiger partial charge in [-0.25, -0.2) is 0 Å². The average Bonchev–Trinajstić information content (AvgIpc) is 2.72. The zero-order valence-corrected chi connectivity index (χ0v) is 13.9. The number of rotatable bonds is 6. The summed E-state index contributed by atoms with van der Waals surface area (Å²) in [6.45, 7) is 0.466. The van der Waals surface area contributed by atoms with E-state index in [4.69, 9.17) is 4.74 Å². The number of carbonyl (C=O) groups excluding carboxylic acids is 1. The second-order valence-electron chi connectivity index (χ2n) is 5.51. The van der Waals surface area contributed by atoms with Crippen molar-refractivity contribution in [1.29, 1.82) is 5.26 Å². The molecule has 0 saturated heterocycles. The molecule has 1 amide bonds. The van der Waals surface area contributed by atoms with Crippen molar-refractivity contribution in [3.8, 4) is 11.8 Å². The zero-order valence-electron chi connectivity index (χ0n) is 13.9. The van der Waals surface area contributed by atoms with Crippen molar-refractivity contribution in [2.24, 2.45) is 0 Å². The lowest BCUT2D eigenvalue weighted by atomic mass is 10.1. The number of aromatic nitrogens is 2. The lowest BCUT2D eigenvalue weighted by molar-refractivity contribution is 0.0944. The standard InChI is InChI=1S/C20H16N4O2/c21-12-19(24-20(25)17-10-11-22-23-13-17)16-6-8-18(9-7-16)26-14-15-4-2-1-3-5-15/h1-11,13,19H,14H2,(H,24,25)/t19-/m0/s1. The van der Waals surface area contributed by atoms with Crippen molar-refractivity contribution in [3.63, 3.8) is 0 Å². The Morgan fingerprint density at radius 3 is 2.50 bits per heavy atom. The van der Waals surface area contributed by atoms with Gasteiger partial charge in [-0.2, -0.15) is 15.5 Å². The summed E-state index contributed by atoms with van der Waals surface area (Å²) < 4.78 is 5.73. The number of nitrogens with one attached hydrogen (secondary N) is 1. The van der Waals surface area contributed by atoms with Gasteiger partial charge in [-0.3, -0.25) is 4.79 Å². The van der Waals surface area contributed by atoms with E-state index in [0.29, 0.717) is 23.5 Å². The number of hydrogen-bond donors (Lipinski definition) is 1. The summed E-state index contributed by atoms with van der Waals surface area (Å²) in [6, 6.07) is 19.8.